The number of methoxy groups -OCH3 is 1. The third kappa shape index (κ3) is 3.59. The highest BCUT2D eigenvalue weighted by Gasteiger charge is 2.08. The summed E-state index contributed by atoms with van der Waals surface area (Å²) in [4.78, 5) is 14.2. The van der Waals surface area contributed by atoms with Crippen molar-refractivity contribution in [2.45, 2.75) is 6.54 Å². The Morgan fingerprint density at radius 1 is 1.30 bits per heavy atom. The van der Waals surface area contributed by atoms with Crippen LogP contribution in [0, 0.1) is 0 Å². The molecule has 0 fully saturated rings. The van der Waals surface area contributed by atoms with Gasteiger partial charge in [-0.3, -0.25) is 8.75 Å². The lowest BCUT2D eigenvalue weighted by Crippen LogP contribution is -2.21. The zero-order chi connectivity index (χ0) is 14.5. The minimum absolute atomic E-state index is 0.0452. The van der Waals surface area contributed by atoms with Crippen molar-refractivity contribution in [1.29, 1.82) is 0 Å². The lowest BCUT2D eigenvalue weighted by molar-refractivity contribution is 0.112. The molecule has 5 nitrogen and oxygen atoms in total. The van der Waals surface area contributed by atoms with Crippen LogP contribution in [0.1, 0.15) is 0 Å². The number of benzene rings is 1. The van der Waals surface area contributed by atoms with E-state index < -0.39 is 0 Å². The van der Waals surface area contributed by atoms with Gasteiger partial charge in [-0.25, -0.2) is 0 Å². The zero-order valence-electron chi connectivity index (χ0n) is 12.1. The molecule has 1 heterocycles. The van der Waals surface area contributed by atoms with E-state index in [2.05, 4.69) is 4.90 Å². The van der Waals surface area contributed by atoms with E-state index >= 15 is 0 Å². The molecular weight excluding hydrogens is 276 g/mol. The highest BCUT2D eigenvalue weighted by molar-refractivity contribution is 7.13. The van der Waals surface area contributed by atoms with Gasteiger partial charge in [0.15, 0.2) is 0 Å². The van der Waals surface area contributed by atoms with Crippen LogP contribution in [0.15, 0.2) is 23.0 Å². The van der Waals surface area contributed by atoms with Gasteiger partial charge in [-0.2, -0.15) is 0 Å². The summed E-state index contributed by atoms with van der Waals surface area (Å²) in [5.41, 5.74) is 0.0452. The Morgan fingerprint density at radius 3 is 2.80 bits per heavy atom. The van der Waals surface area contributed by atoms with Gasteiger partial charge >= 0.3 is 0 Å². The van der Waals surface area contributed by atoms with Crippen LogP contribution in [-0.4, -0.2) is 49.8 Å². The summed E-state index contributed by atoms with van der Waals surface area (Å²) in [7, 11) is 5.64. The number of fused-ring (bicyclic) bond motifs is 1. The van der Waals surface area contributed by atoms with Gasteiger partial charge in [0, 0.05) is 6.54 Å². The molecule has 6 heteroatoms. The van der Waals surface area contributed by atoms with Crippen molar-refractivity contribution in [1.82, 2.24) is 8.86 Å². The monoisotopic (exact) mass is 296 g/mol. The first-order valence-electron chi connectivity index (χ1n) is 6.52. The van der Waals surface area contributed by atoms with Crippen LogP contribution in [-0.2, 0) is 11.3 Å². The predicted octanol–water partition coefficient (Wildman–Crippen LogP) is 1.65. The normalized spacial score (nSPS) is 11.4. The molecule has 1 aromatic heterocycles. The SMILES string of the molecule is COc1ccc2c(=O)n(CCOCCN(C)C)sc2c1. The third-order valence-corrected chi connectivity index (χ3v) is 4.08. The molecule has 0 aliphatic rings. The molecular formula is C14H20N2O3S. The fraction of sp³-hybridized carbons (Fsp3) is 0.500. The van der Waals surface area contributed by atoms with Gasteiger partial charge in [-0.05, 0) is 32.3 Å². The Balaban J connectivity index is 2.00. The molecule has 0 saturated heterocycles. The predicted molar refractivity (Wildman–Crippen MR) is 82.0 cm³/mol. The van der Waals surface area contributed by atoms with E-state index in [9.17, 15) is 4.79 Å². The van der Waals surface area contributed by atoms with Crippen molar-refractivity contribution < 1.29 is 9.47 Å². The smallest absolute Gasteiger partial charge is 0.268 e. The highest BCUT2D eigenvalue weighted by atomic mass is 32.1. The van der Waals surface area contributed by atoms with Gasteiger partial charge in [-0.1, -0.05) is 11.5 Å². The number of aromatic nitrogens is 1. The Bertz CT molecular complexity index is 618. The van der Waals surface area contributed by atoms with Gasteiger partial charge in [0.25, 0.3) is 5.56 Å². The number of hydrogen-bond acceptors (Lipinski definition) is 5. The van der Waals surface area contributed by atoms with Gasteiger partial charge in [0.05, 0.1) is 37.0 Å². The van der Waals surface area contributed by atoms with E-state index in [-0.39, 0.29) is 5.56 Å². The lowest BCUT2D eigenvalue weighted by Gasteiger charge is -2.09. The van der Waals surface area contributed by atoms with Gasteiger partial charge < -0.3 is 14.4 Å². The number of ether oxygens (including phenoxy) is 2. The molecule has 0 atom stereocenters. The van der Waals surface area contributed by atoms with Crippen LogP contribution in [0.25, 0.3) is 10.1 Å². The maximum atomic E-state index is 12.2. The Hall–Kier alpha value is -1.37. The minimum atomic E-state index is 0.0452. The van der Waals surface area contributed by atoms with Crippen LogP contribution in [0.5, 0.6) is 5.75 Å². The number of nitrogens with zero attached hydrogens (tertiary/aromatic N) is 2. The molecule has 0 saturated carbocycles. The molecule has 0 radical (unpaired) electrons. The summed E-state index contributed by atoms with van der Waals surface area (Å²) in [6.07, 6.45) is 0. The van der Waals surface area contributed by atoms with Crippen LogP contribution in [0.4, 0.5) is 0 Å². The Kier molecular flexibility index (Phi) is 5.17. The van der Waals surface area contributed by atoms with Crippen LogP contribution < -0.4 is 10.3 Å². The van der Waals surface area contributed by atoms with E-state index in [4.69, 9.17) is 9.47 Å². The van der Waals surface area contributed by atoms with Crippen molar-refractivity contribution in [3.05, 3.63) is 28.6 Å². The van der Waals surface area contributed by atoms with Crippen molar-refractivity contribution >= 4 is 21.6 Å². The standard InChI is InChI=1S/C14H20N2O3S/c1-15(2)6-8-19-9-7-16-14(17)12-5-4-11(18-3)10-13(12)20-16/h4-5,10H,6-9H2,1-3H3. The van der Waals surface area contributed by atoms with Gasteiger partial charge in [0.2, 0.25) is 0 Å². The molecule has 1 aromatic carbocycles. The van der Waals surface area contributed by atoms with E-state index in [0.29, 0.717) is 19.8 Å². The first-order valence-corrected chi connectivity index (χ1v) is 7.29. The summed E-state index contributed by atoms with van der Waals surface area (Å²) in [6, 6.07) is 5.52. The second-order valence-corrected chi connectivity index (χ2v) is 5.84. The van der Waals surface area contributed by atoms with Gasteiger partial charge in [-0.15, -0.1) is 0 Å². The first-order chi connectivity index (χ1) is 9.61. The van der Waals surface area contributed by atoms with Crippen LogP contribution >= 0.6 is 11.5 Å². The molecule has 0 bridgehead atoms. The van der Waals surface area contributed by atoms with E-state index in [0.717, 1.165) is 22.4 Å². The van der Waals surface area contributed by atoms with Gasteiger partial charge in [0.1, 0.15) is 5.75 Å². The minimum Gasteiger partial charge on any atom is -0.497 e. The molecule has 2 aromatic rings. The third-order valence-electron chi connectivity index (χ3n) is 2.98. The second kappa shape index (κ2) is 6.88. The maximum Gasteiger partial charge on any atom is 0.268 e. The lowest BCUT2D eigenvalue weighted by atomic mass is 10.2. The first kappa shape index (κ1) is 15.0. The van der Waals surface area contributed by atoms with Crippen molar-refractivity contribution in [2.24, 2.45) is 0 Å². The van der Waals surface area contributed by atoms with E-state index in [1.165, 1.54) is 11.5 Å². The second-order valence-electron chi connectivity index (χ2n) is 4.78. The molecule has 2 rings (SSSR count). The number of rotatable bonds is 7. The average Bonchev–Trinajstić information content (AvgIpc) is 2.74. The average molecular weight is 296 g/mol. The summed E-state index contributed by atoms with van der Waals surface area (Å²) in [5.74, 6) is 0.771. The van der Waals surface area contributed by atoms with E-state index in [1.807, 2.05) is 32.3 Å². The molecule has 0 N–H and O–H groups in total. The summed E-state index contributed by atoms with van der Waals surface area (Å²) in [5, 5.41) is 0.740. The summed E-state index contributed by atoms with van der Waals surface area (Å²) >= 11 is 1.45. The van der Waals surface area contributed by atoms with Crippen LogP contribution in [0.2, 0.25) is 0 Å². The quantitative estimate of drug-likeness (QED) is 0.729. The molecule has 0 aliphatic carbocycles. The van der Waals surface area contributed by atoms with Crippen LogP contribution in [0.3, 0.4) is 0 Å². The molecule has 0 amide bonds. The molecule has 0 unspecified atom stereocenters. The number of likely N-dealkylation sites (N-methyl/N-ethyl adjacent to an activating group) is 1. The molecule has 0 spiro atoms. The summed E-state index contributed by atoms with van der Waals surface area (Å²) in [6.45, 7) is 2.71. The Morgan fingerprint density at radius 2 is 2.10 bits per heavy atom. The van der Waals surface area contributed by atoms with Crippen molar-refractivity contribution in [3.63, 3.8) is 0 Å². The maximum absolute atomic E-state index is 12.2. The molecule has 0 aliphatic heterocycles. The molecule has 20 heavy (non-hydrogen) atoms. The molecule has 110 valence electrons. The fourth-order valence-electron chi connectivity index (χ4n) is 1.82. The van der Waals surface area contributed by atoms with Crippen molar-refractivity contribution in [3.8, 4) is 5.75 Å². The Labute approximate surface area is 122 Å². The van der Waals surface area contributed by atoms with Crippen molar-refractivity contribution in [2.75, 3.05) is 41.0 Å². The zero-order valence-corrected chi connectivity index (χ0v) is 12.9. The topological polar surface area (TPSA) is 43.7 Å². The fourth-order valence-corrected chi connectivity index (χ4v) is 2.83. The summed E-state index contributed by atoms with van der Waals surface area (Å²) < 4.78 is 13.4. The highest BCUT2D eigenvalue weighted by Crippen LogP contribution is 2.22. The number of hydrogen-bond donors (Lipinski definition) is 0. The van der Waals surface area contributed by atoms with E-state index in [1.54, 1.807) is 11.1 Å². The largest absolute Gasteiger partial charge is 0.497 e.